The Kier molecular flexibility index (Phi) is 3.47. The highest BCUT2D eigenvalue weighted by Crippen LogP contribution is 2.13. The Morgan fingerprint density at radius 2 is 2.06 bits per heavy atom. The highest BCUT2D eigenvalue weighted by molar-refractivity contribution is 7.90. The maximum atomic E-state index is 12.9. The minimum absolute atomic E-state index is 0.178. The second-order valence-corrected chi connectivity index (χ2v) is 5.09. The van der Waals surface area contributed by atoms with Gasteiger partial charge >= 0.3 is 0 Å². The van der Waals surface area contributed by atoms with Crippen molar-refractivity contribution in [3.8, 4) is 0 Å². The Balaban J connectivity index is 2.31. The molecule has 4 nitrogen and oxygen atoms in total. The summed E-state index contributed by atoms with van der Waals surface area (Å²) in [6.45, 7) is 0. The summed E-state index contributed by atoms with van der Waals surface area (Å²) in [7, 11) is -3.88. The lowest BCUT2D eigenvalue weighted by molar-refractivity contribution is 0.592. The van der Waals surface area contributed by atoms with Gasteiger partial charge < -0.3 is 0 Å². The second-order valence-electron chi connectivity index (χ2n) is 3.45. The van der Waals surface area contributed by atoms with Gasteiger partial charge in [-0.3, -0.25) is 4.98 Å². The number of hydrogen-bond acceptors (Lipinski definition) is 3. The van der Waals surface area contributed by atoms with Crippen LogP contribution < -0.4 is 0 Å². The number of pyridine rings is 1. The molecule has 2 rings (SSSR count). The van der Waals surface area contributed by atoms with E-state index in [4.69, 9.17) is 0 Å². The van der Waals surface area contributed by atoms with Crippen LogP contribution >= 0.6 is 0 Å². The summed E-state index contributed by atoms with van der Waals surface area (Å²) >= 11 is 0. The van der Waals surface area contributed by atoms with Gasteiger partial charge in [-0.15, -0.1) is 0 Å². The first kappa shape index (κ1) is 12.4. The van der Waals surface area contributed by atoms with Crippen molar-refractivity contribution in [1.29, 1.82) is 0 Å². The Bertz CT molecular complexity index is 669. The number of halogens is 1. The molecule has 1 heterocycles. The van der Waals surface area contributed by atoms with Gasteiger partial charge in [0.2, 0.25) is 0 Å². The van der Waals surface area contributed by atoms with Crippen molar-refractivity contribution >= 4 is 16.2 Å². The van der Waals surface area contributed by atoms with Crippen molar-refractivity contribution in [2.24, 2.45) is 4.40 Å². The molecule has 0 aliphatic carbocycles. The third-order valence-electron chi connectivity index (χ3n) is 2.12. The maximum Gasteiger partial charge on any atom is 0.282 e. The van der Waals surface area contributed by atoms with Crippen LogP contribution in [-0.2, 0) is 10.0 Å². The van der Waals surface area contributed by atoms with E-state index < -0.39 is 15.8 Å². The smallest absolute Gasteiger partial charge is 0.264 e. The van der Waals surface area contributed by atoms with Crippen LogP contribution in [0.2, 0.25) is 0 Å². The lowest BCUT2D eigenvalue weighted by atomic mass is 10.3. The molecule has 1 aromatic heterocycles. The fourth-order valence-electron chi connectivity index (χ4n) is 1.27. The van der Waals surface area contributed by atoms with Gasteiger partial charge in [-0.2, -0.15) is 12.8 Å². The summed E-state index contributed by atoms with van der Waals surface area (Å²) in [6.07, 6.45) is 4.22. The molecule has 0 fully saturated rings. The molecule has 0 unspecified atom stereocenters. The molecule has 18 heavy (non-hydrogen) atoms. The number of aromatic nitrogens is 1. The number of nitrogens with zero attached hydrogens (tertiary/aromatic N) is 2. The fraction of sp³-hybridized carbons (Fsp3) is 0. The van der Waals surface area contributed by atoms with Gasteiger partial charge in [0.15, 0.2) is 0 Å². The average molecular weight is 264 g/mol. The zero-order valence-corrected chi connectivity index (χ0v) is 10.0. The van der Waals surface area contributed by atoms with Gasteiger partial charge in [0.25, 0.3) is 10.0 Å². The molecule has 0 N–H and O–H groups in total. The average Bonchev–Trinajstić information content (AvgIpc) is 2.38. The van der Waals surface area contributed by atoms with Gasteiger partial charge in [-0.1, -0.05) is 12.1 Å². The van der Waals surface area contributed by atoms with Crippen LogP contribution in [0.15, 0.2) is 58.1 Å². The van der Waals surface area contributed by atoms with Crippen molar-refractivity contribution in [3.05, 3.63) is 60.2 Å². The lowest BCUT2D eigenvalue weighted by Crippen LogP contribution is -1.98. The van der Waals surface area contributed by atoms with Gasteiger partial charge in [0, 0.05) is 24.2 Å². The van der Waals surface area contributed by atoms with E-state index >= 15 is 0 Å². The Morgan fingerprint density at radius 3 is 2.72 bits per heavy atom. The molecule has 0 aliphatic heterocycles. The summed E-state index contributed by atoms with van der Waals surface area (Å²) < 4.78 is 40.0. The monoisotopic (exact) mass is 264 g/mol. The Labute approximate surface area is 104 Å². The van der Waals surface area contributed by atoms with Crippen LogP contribution in [0.25, 0.3) is 0 Å². The Morgan fingerprint density at radius 1 is 1.22 bits per heavy atom. The van der Waals surface area contributed by atoms with E-state index in [1.54, 1.807) is 18.3 Å². The summed E-state index contributed by atoms with van der Waals surface area (Å²) in [5.41, 5.74) is 0.553. The van der Waals surface area contributed by atoms with E-state index in [0.717, 1.165) is 6.07 Å². The van der Waals surface area contributed by atoms with Crippen molar-refractivity contribution in [2.75, 3.05) is 0 Å². The van der Waals surface area contributed by atoms with E-state index in [0.29, 0.717) is 5.56 Å². The number of rotatable bonds is 3. The van der Waals surface area contributed by atoms with Crippen molar-refractivity contribution in [3.63, 3.8) is 0 Å². The van der Waals surface area contributed by atoms with E-state index in [9.17, 15) is 12.8 Å². The molecule has 0 radical (unpaired) electrons. The topological polar surface area (TPSA) is 59.4 Å². The molecule has 0 saturated heterocycles. The van der Waals surface area contributed by atoms with Crippen LogP contribution in [0.4, 0.5) is 4.39 Å². The number of benzene rings is 1. The standard InChI is InChI=1S/C12H9FN2O2S/c13-11-4-1-5-12(7-11)18(16,17)15-9-10-3-2-6-14-8-10/h1-9H. The summed E-state index contributed by atoms with van der Waals surface area (Å²) in [6, 6.07) is 8.04. The van der Waals surface area contributed by atoms with E-state index in [1.165, 1.54) is 30.6 Å². The molecule has 0 bridgehead atoms. The number of sulfonamides is 1. The van der Waals surface area contributed by atoms with Crippen LogP contribution in [0.5, 0.6) is 0 Å². The fourth-order valence-corrected chi connectivity index (χ4v) is 2.17. The Hall–Kier alpha value is -2.08. The second kappa shape index (κ2) is 5.05. The molecule has 92 valence electrons. The molecule has 6 heteroatoms. The first-order chi connectivity index (χ1) is 8.58. The molecular weight excluding hydrogens is 255 g/mol. The van der Waals surface area contributed by atoms with Crippen LogP contribution in [0.3, 0.4) is 0 Å². The predicted molar refractivity (Wildman–Crippen MR) is 65.4 cm³/mol. The molecular formula is C12H9FN2O2S. The van der Waals surface area contributed by atoms with Crippen molar-refractivity contribution in [2.45, 2.75) is 4.90 Å². The van der Waals surface area contributed by atoms with Gasteiger partial charge in [0.05, 0.1) is 4.90 Å². The third kappa shape index (κ3) is 2.98. The molecule has 0 saturated carbocycles. The van der Waals surface area contributed by atoms with E-state index in [2.05, 4.69) is 9.38 Å². The summed E-state index contributed by atoms with van der Waals surface area (Å²) in [5, 5.41) is 0. The van der Waals surface area contributed by atoms with Crippen LogP contribution in [0.1, 0.15) is 5.56 Å². The molecule has 0 spiro atoms. The third-order valence-corrected chi connectivity index (χ3v) is 3.35. The maximum absolute atomic E-state index is 12.9. The minimum atomic E-state index is -3.88. The largest absolute Gasteiger partial charge is 0.282 e. The summed E-state index contributed by atoms with van der Waals surface area (Å²) in [4.78, 5) is 3.65. The first-order valence-corrected chi connectivity index (χ1v) is 6.48. The highest BCUT2D eigenvalue weighted by Gasteiger charge is 2.11. The zero-order valence-electron chi connectivity index (χ0n) is 9.19. The number of hydrogen-bond donors (Lipinski definition) is 0. The minimum Gasteiger partial charge on any atom is -0.264 e. The predicted octanol–water partition coefficient (Wildman–Crippen LogP) is 2.03. The van der Waals surface area contributed by atoms with E-state index in [-0.39, 0.29) is 4.90 Å². The van der Waals surface area contributed by atoms with Gasteiger partial charge in [0.1, 0.15) is 5.82 Å². The van der Waals surface area contributed by atoms with Crippen LogP contribution in [0, 0.1) is 5.82 Å². The highest BCUT2D eigenvalue weighted by atomic mass is 32.2. The van der Waals surface area contributed by atoms with Crippen LogP contribution in [-0.4, -0.2) is 19.6 Å². The molecule has 0 amide bonds. The van der Waals surface area contributed by atoms with Crippen molar-refractivity contribution < 1.29 is 12.8 Å². The molecule has 2 aromatic rings. The molecule has 0 aliphatic rings. The SMILES string of the molecule is O=S(=O)(N=Cc1cccnc1)c1cccc(F)c1. The molecule has 1 aromatic carbocycles. The first-order valence-electron chi connectivity index (χ1n) is 5.04. The quantitative estimate of drug-likeness (QED) is 0.797. The lowest BCUT2D eigenvalue weighted by Gasteiger charge is -1.98. The summed E-state index contributed by atoms with van der Waals surface area (Å²) in [5.74, 6) is -0.618. The van der Waals surface area contributed by atoms with E-state index in [1.807, 2.05) is 0 Å². The molecule has 0 atom stereocenters. The normalized spacial score (nSPS) is 11.8. The van der Waals surface area contributed by atoms with Gasteiger partial charge in [-0.25, -0.2) is 4.39 Å². The zero-order chi connectivity index (χ0) is 13.0. The van der Waals surface area contributed by atoms with Crippen molar-refractivity contribution in [1.82, 2.24) is 4.98 Å². The van der Waals surface area contributed by atoms with Gasteiger partial charge in [-0.05, 0) is 24.3 Å².